The van der Waals surface area contributed by atoms with Crippen molar-refractivity contribution in [2.24, 2.45) is 0 Å². The lowest BCUT2D eigenvalue weighted by Crippen LogP contribution is -2.33. The summed E-state index contributed by atoms with van der Waals surface area (Å²) in [6.07, 6.45) is 16.5. The third-order valence-corrected chi connectivity index (χ3v) is 14.2. The van der Waals surface area contributed by atoms with Crippen molar-refractivity contribution in [3.05, 3.63) is 169 Å². The molecule has 83 heavy (non-hydrogen) atoms. The van der Waals surface area contributed by atoms with Crippen LogP contribution in [0.2, 0.25) is 0 Å². The summed E-state index contributed by atoms with van der Waals surface area (Å²) in [6.45, 7) is -1.67. The van der Waals surface area contributed by atoms with Gasteiger partial charge in [0, 0.05) is 56.3 Å². The fourth-order valence-electron chi connectivity index (χ4n) is 9.63. The molecule has 2 amide bonds. The Kier molecular flexibility index (Phi) is 15.3. The summed E-state index contributed by atoms with van der Waals surface area (Å²) in [5.74, 6) is -0.884. The summed E-state index contributed by atoms with van der Waals surface area (Å²) in [6, 6.07) is 23.0. The van der Waals surface area contributed by atoms with Gasteiger partial charge in [0.1, 0.15) is 62.8 Å². The molecule has 25 heteroatoms. The molecule has 2 aliphatic rings. The molecule has 0 radical (unpaired) electrons. The molecule has 20 nitrogen and oxygen atoms in total. The van der Waals surface area contributed by atoms with Gasteiger partial charge >= 0.3 is 13.2 Å². The number of alkyl halides is 4. The van der Waals surface area contributed by atoms with Crippen LogP contribution in [0.4, 0.5) is 33.3 Å². The SMILES string of the molecule is CCn1cc(NC(=O)c2cnn3cccnc23)c(-c2cc(Oc3cc(F)cc(C4(O)CCC4)c3)ccc2OC(F)F)n1.CCn1cc(NC(=O)c2cnn3cccnc23)c(-c2cc(Oc3cccc(C4(O)CCC4)c3)ccc2OC(F)F)n1. The average Bonchev–Trinajstić information content (AvgIpc) is 3.97. The molecule has 6 heterocycles. The maximum Gasteiger partial charge on any atom is 0.387 e. The number of aromatic nitrogens is 10. The van der Waals surface area contributed by atoms with Gasteiger partial charge in [-0.1, -0.05) is 12.1 Å². The second kappa shape index (κ2) is 23.0. The molecule has 4 N–H and O–H groups in total. The molecule has 426 valence electrons. The molecular weight excluding hydrogens is 1090 g/mol. The van der Waals surface area contributed by atoms with Crippen molar-refractivity contribution in [1.82, 2.24) is 48.8 Å². The predicted molar refractivity (Wildman–Crippen MR) is 290 cm³/mol. The molecule has 0 spiro atoms. The molecule has 6 aromatic heterocycles. The first-order valence-electron chi connectivity index (χ1n) is 26.3. The highest BCUT2D eigenvalue weighted by Gasteiger charge is 2.38. The third-order valence-electron chi connectivity index (χ3n) is 14.2. The van der Waals surface area contributed by atoms with Crippen LogP contribution in [0.15, 0.2) is 141 Å². The Morgan fingerprint density at radius 3 is 1.54 bits per heavy atom. The number of ether oxygens (including phenoxy) is 4. The molecule has 2 fully saturated rings. The number of nitrogens with zero attached hydrogens (tertiary/aromatic N) is 10. The summed E-state index contributed by atoms with van der Waals surface area (Å²) in [4.78, 5) is 34.9. The summed E-state index contributed by atoms with van der Waals surface area (Å²) in [5.41, 5.74) is 1.43. The van der Waals surface area contributed by atoms with Crippen molar-refractivity contribution in [2.75, 3.05) is 10.6 Å². The van der Waals surface area contributed by atoms with Crippen LogP contribution in [0.3, 0.4) is 0 Å². The second-order valence-corrected chi connectivity index (χ2v) is 19.5. The van der Waals surface area contributed by atoms with E-state index in [1.54, 1.807) is 72.1 Å². The fraction of sp³-hybridized carbons (Fsp3) is 0.241. The predicted octanol–water partition coefficient (Wildman–Crippen LogP) is 11.4. The van der Waals surface area contributed by atoms with Gasteiger partial charge in [-0.05, 0) is 136 Å². The van der Waals surface area contributed by atoms with Crippen LogP contribution in [0, 0.1) is 5.82 Å². The number of carbonyl (C=O) groups is 2. The number of halogens is 5. The van der Waals surface area contributed by atoms with Gasteiger partial charge in [0.2, 0.25) is 0 Å². The molecule has 2 saturated carbocycles. The van der Waals surface area contributed by atoms with E-state index >= 15 is 0 Å². The Hall–Kier alpha value is -9.75. The number of amides is 2. The van der Waals surface area contributed by atoms with E-state index in [0.29, 0.717) is 67.1 Å². The first kappa shape index (κ1) is 55.2. The fourth-order valence-corrected chi connectivity index (χ4v) is 9.63. The van der Waals surface area contributed by atoms with Gasteiger partial charge in [0.05, 0.1) is 46.1 Å². The highest BCUT2D eigenvalue weighted by atomic mass is 19.3. The van der Waals surface area contributed by atoms with Crippen molar-refractivity contribution in [3.8, 4) is 57.0 Å². The van der Waals surface area contributed by atoms with E-state index in [4.69, 9.17) is 18.9 Å². The normalized spacial score (nSPS) is 14.2. The van der Waals surface area contributed by atoms with Crippen molar-refractivity contribution in [3.63, 3.8) is 0 Å². The Balaban J connectivity index is 0.000000174. The minimum atomic E-state index is -3.14. The largest absolute Gasteiger partial charge is 0.457 e. The topological polar surface area (TPSA) is 232 Å². The van der Waals surface area contributed by atoms with Crippen LogP contribution in [-0.2, 0) is 24.3 Å². The monoisotopic (exact) mass is 1140 g/mol. The van der Waals surface area contributed by atoms with Crippen molar-refractivity contribution >= 4 is 34.5 Å². The zero-order valence-electron chi connectivity index (χ0n) is 44.3. The maximum atomic E-state index is 14.4. The molecule has 0 unspecified atom stereocenters. The second-order valence-electron chi connectivity index (χ2n) is 19.5. The van der Waals surface area contributed by atoms with Crippen LogP contribution in [-0.4, -0.2) is 84.0 Å². The van der Waals surface area contributed by atoms with Gasteiger partial charge in [-0.25, -0.2) is 23.4 Å². The molecule has 12 rings (SSSR count). The minimum absolute atomic E-state index is 0.0996. The smallest absolute Gasteiger partial charge is 0.387 e. The first-order valence-corrected chi connectivity index (χ1v) is 26.3. The van der Waals surface area contributed by atoms with Crippen molar-refractivity contribution in [2.45, 2.75) is 89.9 Å². The van der Waals surface area contributed by atoms with E-state index in [0.717, 1.165) is 24.5 Å². The Labute approximate surface area is 468 Å². The highest BCUT2D eigenvalue weighted by molar-refractivity contribution is 6.10. The van der Waals surface area contributed by atoms with E-state index in [1.165, 1.54) is 74.8 Å². The molecule has 0 aliphatic heterocycles. The molecule has 2 aliphatic carbocycles. The van der Waals surface area contributed by atoms with E-state index in [-0.39, 0.29) is 68.0 Å². The number of aliphatic hydroxyl groups is 2. The van der Waals surface area contributed by atoms with Crippen LogP contribution in [0.25, 0.3) is 33.8 Å². The number of hydrogen-bond donors (Lipinski definition) is 4. The number of rotatable bonds is 18. The molecule has 0 bridgehead atoms. The zero-order valence-corrected chi connectivity index (χ0v) is 44.3. The number of hydrogen-bond acceptors (Lipinski definition) is 14. The minimum Gasteiger partial charge on any atom is -0.457 e. The Bertz CT molecular complexity index is 4020. The number of carbonyl (C=O) groups excluding carboxylic acids is 2. The van der Waals surface area contributed by atoms with Gasteiger partial charge in [0.25, 0.3) is 11.8 Å². The van der Waals surface area contributed by atoms with Crippen molar-refractivity contribution in [1.29, 1.82) is 0 Å². The van der Waals surface area contributed by atoms with Crippen molar-refractivity contribution < 1.29 is 60.7 Å². The lowest BCUT2D eigenvalue weighted by atomic mass is 9.75. The summed E-state index contributed by atoms with van der Waals surface area (Å²) in [7, 11) is 0. The number of nitrogens with one attached hydrogen (secondary N) is 2. The summed E-state index contributed by atoms with van der Waals surface area (Å²) < 4.78 is 95.6. The maximum absolute atomic E-state index is 14.4. The van der Waals surface area contributed by atoms with Crippen LogP contribution >= 0.6 is 0 Å². The van der Waals surface area contributed by atoms with Crippen LogP contribution < -0.4 is 29.6 Å². The van der Waals surface area contributed by atoms with Gasteiger partial charge in [-0.2, -0.15) is 38.0 Å². The van der Waals surface area contributed by atoms with Crippen LogP contribution in [0.1, 0.15) is 84.2 Å². The standard InChI is InChI=1S/C29H25F3N6O4.C29H26F2N6O4/c1-2-37-16-23(35-27(39)22-15-34-38-10-4-9-33-26(22)38)25(36-37)21-14-19(5-6-24(21)42-28(31)32)41-20-12-17(11-18(30)13-20)29(40)7-3-8-29;1-2-36-17-23(34-27(38)22-16-33-37-13-5-12-32-26(22)37)25(35-36)21-15-20(8-9-24(21)41-28(30)31)40-19-7-3-6-18(14-19)29(39)10-4-11-29/h4-6,9-16,28,40H,2-3,7-8H2,1H3,(H,35,39);3,5-9,12-17,28,39H,2,4,10-11H2,1H3,(H,34,38). The number of benzene rings is 4. The highest BCUT2D eigenvalue weighted by Crippen LogP contribution is 2.45. The lowest BCUT2D eigenvalue weighted by molar-refractivity contribution is -0.0501. The van der Waals surface area contributed by atoms with Crippen LogP contribution in [0.5, 0.6) is 34.5 Å². The Morgan fingerprint density at radius 1 is 0.602 bits per heavy atom. The Morgan fingerprint density at radius 2 is 1.07 bits per heavy atom. The van der Waals surface area contributed by atoms with E-state index in [9.17, 15) is 41.8 Å². The molecule has 4 aromatic carbocycles. The van der Waals surface area contributed by atoms with E-state index in [1.807, 2.05) is 19.9 Å². The van der Waals surface area contributed by atoms with Gasteiger partial charge in [-0.3, -0.25) is 19.0 Å². The average molecular weight is 1140 g/mol. The first-order chi connectivity index (χ1) is 40.0. The lowest BCUT2D eigenvalue weighted by Gasteiger charge is -2.37. The summed E-state index contributed by atoms with van der Waals surface area (Å²) in [5, 5.41) is 44.3. The number of fused-ring (bicyclic) bond motifs is 2. The van der Waals surface area contributed by atoms with Gasteiger partial charge in [-0.15, -0.1) is 0 Å². The number of aryl methyl sites for hydroxylation is 2. The van der Waals surface area contributed by atoms with Gasteiger partial charge in [0.15, 0.2) is 11.3 Å². The molecule has 10 aromatic rings. The summed E-state index contributed by atoms with van der Waals surface area (Å²) >= 11 is 0. The molecular formula is C58H51F5N12O8. The third kappa shape index (κ3) is 11.7. The quantitative estimate of drug-likeness (QED) is 0.0586. The van der Waals surface area contributed by atoms with E-state index in [2.05, 4.69) is 41.0 Å². The molecule has 0 saturated heterocycles. The van der Waals surface area contributed by atoms with Gasteiger partial charge < -0.3 is 39.8 Å². The van der Waals surface area contributed by atoms with E-state index < -0.39 is 42.1 Å². The zero-order chi connectivity index (χ0) is 58.0. The molecule has 0 atom stereocenters. The number of anilines is 2.